The Kier molecular flexibility index (Phi) is 4.05. The molecular formula is C15H18BN3O4S. The molecule has 1 saturated carbocycles. The van der Waals surface area contributed by atoms with Crippen LogP contribution >= 0.6 is 11.8 Å². The van der Waals surface area contributed by atoms with Gasteiger partial charge < -0.3 is 25.4 Å². The quantitative estimate of drug-likeness (QED) is 0.354. The SMILES string of the molecule is O=C(O)c1c(SCCNC2=NCCN2)ccc2c1OB(O)C1CC21. The number of benzene rings is 1. The molecule has 7 nitrogen and oxygen atoms in total. The molecule has 0 saturated heterocycles. The van der Waals surface area contributed by atoms with Crippen molar-refractivity contribution in [1.29, 1.82) is 0 Å². The zero-order valence-electron chi connectivity index (χ0n) is 13.0. The van der Waals surface area contributed by atoms with Crippen LogP contribution in [0.3, 0.4) is 0 Å². The molecule has 9 heteroatoms. The maximum Gasteiger partial charge on any atom is 0.526 e. The average Bonchev–Trinajstić information content (AvgIpc) is 3.20. The summed E-state index contributed by atoms with van der Waals surface area (Å²) in [4.78, 5) is 16.7. The van der Waals surface area contributed by atoms with Gasteiger partial charge in [0.25, 0.3) is 0 Å². The van der Waals surface area contributed by atoms with Crippen molar-refractivity contribution in [1.82, 2.24) is 10.6 Å². The zero-order valence-corrected chi connectivity index (χ0v) is 13.8. The van der Waals surface area contributed by atoms with Crippen LogP contribution in [0, 0.1) is 0 Å². The topological polar surface area (TPSA) is 103 Å². The van der Waals surface area contributed by atoms with E-state index >= 15 is 0 Å². The molecule has 0 spiro atoms. The molecule has 24 heavy (non-hydrogen) atoms. The molecule has 0 amide bonds. The lowest BCUT2D eigenvalue weighted by atomic mass is 9.77. The summed E-state index contributed by atoms with van der Waals surface area (Å²) in [6.07, 6.45) is 0.860. The fourth-order valence-corrected chi connectivity index (χ4v) is 4.18. The van der Waals surface area contributed by atoms with Crippen LogP contribution in [0.25, 0.3) is 0 Å². The van der Waals surface area contributed by atoms with E-state index in [0.717, 1.165) is 31.0 Å². The summed E-state index contributed by atoms with van der Waals surface area (Å²) in [6.45, 7) is 2.32. The predicted molar refractivity (Wildman–Crippen MR) is 92.1 cm³/mol. The summed E-state index contributed by atoms with van der Waals surface area (Å²) >= 11 is 1.46. The number of fused-ring (bicyclic) bond motifs is 3. The van der Waals surface area contributed by atoms with Crippen LogP contribution in [-0.2, 0) is 0 Å². The van der Waals surface area contributed by atoms with Gasteiger partial charge >= 0.3 is 13.1 Å². The van der Waals surface area contributed by atoms with E-state index in [1.165, 1.54) is 11.8 Å². The van der Waals surface area contributed by atoms with Crippen molar-refractivity contribution in [2.75, 3.05) is 25.4 Å². The summed E-state index contributed by atoms with van der Waals surface area (Å²) in [7, 11) is -0.894. The Balaban J connectivity index is 1.48. The molecule has 4 N–H and O–H groups in total. The molecule has 0 bridgehead atoms. The Morgan fingerprint density at radius 3 is 3.17 bits per heavy atom. The van der Waals surface area contributed by atoms with Crippen molar-refractivity contribution >= 4 is 30.8 Å². The van der Waals surface area contributed by atoms with E-state index in [1.54, 1.807) is 0 Å². The second kappa shape index (κ2) is 6.21. The molecule has 126 valence electrons. The first kappa shape index (κ1) is 15.7. The Morgan fingerprint density at radius 1 is 1.54 bits per heavy atom. The Bertz CT molecular complexity index is 714. The highest BCUT2D eigenvalue weighted by Gasteiger charge is 2.54. The van der Waals surface area contributed by atoms with E-state index < -0.39 is 13.1 Å². The first-order chi connectivity index (χ1) is 11.6. The highest BCUT2D eigenvalue weighted by atomic mass is 32.2. The summed E-state index contributed by atoms with van der Waals surface area (Å²) < 4.78 is 5.52. The van der Waals surface area contributed by atoms with Gasteiger partial charge in [0.15, 0.2) is 5.96 Å². The van der Waals surface area contributed by atoms with Gasteiger partial charge in [-0.2, -0.15) is 0 Å². The number of carboxylic acid groups (broad SMARTS) is 1. The molecule has 2 aliphatic heterocycles. The number of hydrogen-bond acceptors (Lipinski definition) is 7. The van der Waals surface area contributed by atoms with Crippen molar-refractivity contribution in [3.8, 4) is 5.75 Å². The lowest BCUT2D eigenvalue weighted by Gasteiger charge is -2.22. The molecule has 1 aromatic rings. The molecule has 2 heterocycles. The number of aliphatic imine (C=N–C) groups is 1. The van der Waals surface area contributed by atoms with Crippen LogP contribution in [0.2, 0.25) is 5.82 Å². The van der Waals surface area contributed by atoms with Gasteiger partial charge in [-0.1, -0.05) is 6.07 Å². The Labute approximate surface area is 144 Å². The summed E-state index contributed by atoms with van der Waals surface area (Å²) in [5.74, 6) is 1.17. The maximum absolute atomic E-state index is 11.7. The summed E-state index contributed by atoms with van der Waals surface area (Å²) in [5, 5.41) is 25.9. The van der Waals surface area contributed by atoms with Gasteiger partial charge in [-0.15, -0.1) is 11.8 Å². The fraction of sp³-hybridized carbons (Fsp3) is 0.467. The molecule has 3 aliphatic rings. The van der Waals surface area contributed by atoms with Gasteiger partial charge in [0.1, 0.15) is 11.3 Å². The minimum atomic E-state index is -1.02. The Hall–Kier alpha value is -1.87. The van der Waals surface area contributed by atoms with E-state index in [9.17, 15) is 14.9 Å². The monoisotopic (exact) mass is 347 g/mol. The van der Waals surface area contributed by atoms with E-state index in [4.69, 9.17) is 4.65 Å². The molecule has 0 radical (unpaired) electrons. The van der Waals surface area contributed by atoms with Crippen LogP contribution in [0.5, 0.6) is 5.75 Å². The number of hydrogen-bond donors (Lipinski definition) is 4. The average molecular weight is 347 g/mol. The number of guanidine groups is 1. The second-order valence-corrected chi connectivity index (χ2v) is 7.25. The van der Waals surface area contributed by atoms with Gasteiger partial charge in [0.05, 0.1) is 6.54 Å². The lowest BCUT2D eigenvalue weighted by Crippen LogP contribution is -2.35. The van der Waals surface area contributed by atoms with Crippen molar-refractivity contribution in [3.05, 3.63) is 23.3 Å². The maximum atomic E-state index is 11.7. The van der Waals surface area contributed by atoms with Crippen molar-refractivity contribution in [2.45, 2.75) is 23.1 Å². The van der Waals surface area contributed by atoms with Gasteiger partial charge in [0.2, 0.25) is 0 Å². The number of carboxylic acids is 1. The molecule has 0 aromatic heterocycles. The highest BCUT2D eigenvalue weighted by Crippen LogP contribution is 2.60. The molecule has 2 atom stereocenters. The van der Waals surface area contributed by atoms with E-state index in [1.807, 2.05) is 12.1 Å². The van der Waals surface area contributed by atoms with Crippen molar-refractivity contribution in [3.63, 3.8) is 0 Å². The second-order valence-electron chi connectivity index (χ2n) is 6.11. The number of thioether (sulfide) groups is 1. The van der Waals surface area contributed by atoms with Crippen LogP contribution < -0.4 is 15.3 Å². The third-order valence-corrected chi connectivity index (χ3v) is 5.59. The third-order valence-electron chi connectivity index (χ3n) is 4.53. The Morgan fingerprint density at radius 2 is 2.42 bits per heavy atom. The molecule has 1 aliphatic carbocycles. The standard InChI is InChI=1S/C15H18BN3O4S/c20-14(21)12-11(24-6-5-19-15-17-3-4-18-15)2-1-8-9-7-10(9)16(22)23-13(8)12/h1-2,9-10,22H,3-7H2,(H,20,21)(H2,17,18,19). The van der Waals surface area contributed by atoms with Crippen molar-refractivity contribution < 1.29 is 19.6 Å². The minimum Gasteiger partial charge on any atom is -0.535 e. The normalized spacial score (nSPS) is 23.5. The van der Waals surface area contributed by atoms with Gasteiger partial charge in [-0.05, 0) is 24.0 Å². The van der Waals surface area contributed by atoms with E-state index in [0.29, 0.717) is 22.9 Å². The summed E-state index contributed by atoms with van der Waals surface area (Å²) in [5.41, 5.74) is 1.08. The highest BCUT2D eigenvalue weighted by molar-refractivity contribution is 7.99. The van der Waals surface area contributed by atoms with Crippen molar-refractivity contribution in [2.24, 2.45) is 4.99 Å². The smallest absolute Gasteiger partial charge is 0.526 e. The number of nitrogens with zero attached hydrogens (tertiary/aromatic N) is 1. The minimum absolute atomic E-state index is 0.113. The van der Waals surface area contributed by atoms with E-state index in [-0.39, 0.29) is 17.3 Å². The zero-order chi connectivity index (χ0) is 16.7. The fourth-order valence-electron chi connectivity index (χ4n) is 3.26. The van der Waals surface area contributed by atoms with Crippen LogP contribution in [0.1, 0.15) is 28.3 Å². The van der Waals surface area contributed by atoms with Crippen LogP contribution in [0.15, 0.2) is 22.0 Å². The van der Waals surface area contributed by atoms with Crippen LogP contribution in [-0.4, -0.2) is 54.6 Å². The molecule has 1 fully saturated rings. The largest absolute Gasteiger partial charge is 0.535 e. The van der Waals surface area contributed by atoms with Gasteiger partial charge in [-0.3, -0.25) is 4.99 Å². The number of nitrogens with one attached hydrogen (secondary N) is 2. The lowest BCUT2D eigenvalue weighted by molar-refractivity contribution is 0.0690. The molecular weight excluding hydrogens is 329 g/mol. The van der Waals surface area contributed by atoms with Crippen LogP contribution in [0.4, 0.5) is 0 Å². The van der Waals surface area contributed by atoms with E-state index in [2.05, 4.69) is 15.6 Å². The third kappa shape index (κ3) is 2.82. The van der Waals surface area contributed by atoms with Gasteiger partial charge in [-0.25, -0.2) is 4.79 Å². The first-order valence-corrected chi connectivity index (χ1v) is 9.03. The predicted octanol–water partition coefficient (Wildman–Crippen LogP) is 0.756. The summed E-state index contributed by atoms with van der Waals surface area (Å²) in [6, 6.07) is 3.80. The molecule has 4 rings (SSSR count). The first-order valence-electron chi connectivity index (χ1n) is 8.05. The van der Waals surface area contributed by atoms with Gasteiger partial charge in [0, 0.05) is 29.6 Å². The number of rotatable bonds is 5. The molecule has 2 unspecified atom stereocenters. The number of aromatic carboxylic acids is 1. The number of carbonyl (C=O) groups is 1. The molecule has 1 aromatic carbocycles.